The zero-order chi connectivity index (χ0) is 12.3. The first kappa shape index (κ1) is 12.1. The molecule has 0 saturated carbocycles. The molecule has 0 amide bonds. The summed E-state index contributed by atoms with van der Waals surface area (Å²) in [5.41, 5.74) is 1.62. The van der Waals surface area contributed by atoms with Crippen LogP contribution < -0.4 is 0 Å². The molecule has 0 aliphatic carbocycles. The van der Waals surface area contributed by atoms with Gasteiger partial charge in [-0.1, -0.05) is 12.5 Å². The fourth-order valence-electron chi connectivity index (χ4n) is 2.65. The van der Waals surface area contributed by atoms with Gasteiger partial charge in [-0.2, -0.15) is 5.26 Å². The minimum absolute atomic E-state index is 0.567. The Labute approximate surface area is 103 Å². The molecule has 17 heavy (non-hydrogen) atoms. The predicted molar refractivity (Wildman–Crippen MR) is 67.3 cm³/mol. The predicted octanol–water partition coefficient (Wildman–Crippen LogP) is 2.72. The van der Waals surface area contributed by atoms with Crippen molar-refractivity contribution >= 4 is 0 Å². The molecule has 2 unspecified atom stereocenters. The van der Waals surface area contributed by atoms with Crippen molar-refractivity contribution in [1.29, 1.82) is 5.26 Å². The Morgan fingerprint density at radius 3 is 2.76 bits per heavy atom. The van der Waals surface area contributed by atoms with Gasteiger partial charge in [-0.05, 0) is 32.8 Å². The number of pyridine rings is 1. The molecule has 1 fully saturated rings. The van der Waals surface area contributed by atoms with Gasteiger partial charge >= 0.3 is 0 Å². The molecule has 3 heteroatoms. The number of nitrogens with zero attached hydrogens (tertiary/aromatic N) is 3. The molecule has 1 aromatic rings. The Bertz CT molecular complexity index is 412. The van der Waals surface area contributed by atoms with Gasteiger partial charge < -0.3 is 0 Å². The Hall–Kier alpha value is -1.40. The number of hydrogen-bond acceptors (Lipinski definition) is 3. The van der Waals surface area contributed by atoms with Crippen molar-refractivity contribution in [3.8, 4) is 6.07 Å². The van der Waals surface area contributed by atoms with Crippen LogP contribution in [0.2, 0.25) is 0 Å². The van der Waals surface area contributed by atoms with E-state index in [4.69, 9.17) is 5.26 Å². The van der Waals surface area contributed by atoms with Crippen LogP contribution in [0.1, 0.15) is 44.4 Å². The Kier molecular flexibility index (Phi) is 3.75. The molecule has 0 radical (unpaired) electrons. The molecule has 1 saturated heterocycles. The van der Waals surface area contributed by atoms with Crippen LogP contribution in [-0.4, -0.2) is 22.0 Å². The topological polar surface area (TPSA) is 39.9 Å². The van der Waals surface area contributed by atoms with Crippen molar-refractivity contribution in [3.05, 3.63) is 29.6 Å². The maximum atomic E-state index is 9.05. The molecule has 0 aromatic carbocycles. The highest BCUT2D eigenvalue weighted by atomic mass is 15.2. The fourth-order valence-corrected chi connectivity index (χ4v) is 2.65. The number of likely N-dealkylation sites (tertiary alicyclic amines) is 1. The summed E-state index contributed by atoms with van der Waals surface area (Å²) in [6.07, 6.45) is 5.51. The molecule has 2 rings (SSSR count). The average Bonchev–Trinajstić information content (AvgIpc) is 2.34. The zero-order valence-corrected chi connectivity index (χ0v) is 10.6. The van der Waals surface area contributed by atoms with Crippen molar-refractivity contribution in [2.45, 2.75) is 51.7 Å². The minimum atomic E-state index is 0.567. The molecule has 0 N–H and O–H groups in total. The molecule has 0 bridgehead atoms. The van der Waals surface area contributed by atoms with Gasteiger partial charge in [0.2, 0.25) is 0 Å². The molecule has 0 spiro atoms. The number of nitriles is 1. The summed E-state index contributed by atoms with van der Waals surface area (Å²) in [5.74, 6) is 0. The smallest absolute Gasteiger partial charge is 0.144 e. The van der Waals surface area contributed by atoms with E-state index >= 15 is 0 Å². The summed E-state index contributed by atoms with van der Waals surface area (Å²) in [7, 11) is 0. The highest BCUT2D eigenvalue weighted by Crippen LogP contribution is 2.24. The molecule has 1 aliphatic heterocycles. The van der Waals surface area contributed by atoms with Gasteiger partial charge in [0.15, 0.2) is 0 Å². The van der Waals surface area contributed by atoms with Crippen molar-refractivity contribution in [2.24, 2.45) is 0 Å². The first-order valence-corrected chi connectivity index (χ1v) is 6.32. The molecule has 1 aromatic heterocycles. The lowest BCUT2D eigenvalue weighted by atomic mass is 9.96. The van der Waals surface area contributed by atoms with Gasteiger partial charge in [0.1, 0.15) is 11.8 Å². The third-order valence-electron chi connectivity index (χ3n) is 3.73. The Morgan fingerprint density at radius 2 is 2.12 bits per heavy atom. The van der Waals surface area contributed by atoms with Crippen LogP contribution >= 0.6 is 0 Å². The van der Waals surface area contributed by atoms with E-state index in [1.165, 1.54) is 19.3 Å². The van der Waals surface area contributed by atoms with Crippen molar-refractivity contribution in [2.75, 3.05) is 0 Å². The Morgan fingerprint density at radius 1 is 1.41 bits per heavy atom. The standard InChI is InChI=1S/C14H19N3/c1-11-5-3-6-12(2)17(11)10-13-7-4-8-16-14(13)9-15/h4,7-8,11-12H,3,5-6,10H2,1-2H3. The second-order valence-corrected chi connectivity index (χ2v) is 4.92. The van der Waals surface area contributed by atoms with E-state index in [1.54, 1.807) is 6.20 Å². The SMILES string of the molecule is CC1CCCC(C)N1Cc1cccnc1C#N. The van der Waals surface area contributed by atoms with E-state index in [2.05, 4.69) is 29.8 Å². The second-order valence-electron chi connectivity index (χ2n) is 4.92. The maximum absolute atomic E-state index is 9.05. The summed E-state index contributed by atoms with van der Waals surface area (Å²) in [5, 5.41) is 9.05. The highest BCUT2D eigenvalue weighted by molar-refractivity contribution is 5.30. The summed E-state index contributed by atoms with van der Waals surface area (Å²) in [6.45, 7) is 5.40. The van der Waals surface area contributed by atoms with Crippen molar-refractivity contribution < 1.29 is 0 Å². The Balaban J connectivity index is 2.17. The summed E-state index contributed by atoms with van der Waals surface area (Å²) >= 11 is 0. The lowest BCUT2D eigenvalue weighted by Gasteiger charge is -2.39. The lowest BCUT2D eigenvalue weighted by Crippen LogP contribution is -2.43. The normalized spacial score (nSPS) is 25.5. The third-order valence-corrected chi connectivity index (χ3v) is 3.73. The molecule has 1 aliphatic rings. The zero-order valence-electron chi connectivity index (χ0n) is 10.6. The monoisotopic (exact) mass is 229 g/mol. The summed E-state index contributed by atoms with van der Waals surface area (Å²) < 4.78 is 0. The minimum Gasteiger partial charge on any atom is -0.294 e. The van der Waals surface area contributed by atoms with Gasteiger partial charge in [0.25, 0.3) is 0 Å². The number of aromatic nitrogens is 1. The van der Waals surface area contributed by atoms with E-state index in [-0.39, 0.29) is 0 Å². The van der Waals surface area contributed by atoms with Gasteiger partial charge in [-0.3, -0.25) is 4.90 Å². The van der Waals surface area contributed by atoms with Crippen LogP contribution in [0.3, 0.4) is 0 Å². The van der Waals surface area contributed by atoms with Gasteiger partial charge in [-0.25, -0.2) is 4.98 Å². The van der Waals surface area contributed by atoms with E-state index < -0.39 is 0 Å². The van der Waals surface area contributed by atoms with Crippen LogP contribution in [-0.2, 0) is 6.54 Å². The number of piperidine rings is 1. The first-order chi connectivity index (χ1) is 8.22. The molecule has 3 nitrogen and oxygen atoms in total. The highest BCUT2D eigenvalue weighted by Gasteiger charge is 2.25. The molecular weight excluding hydrogens is 210 g/mol. The van der Waals surface area contributed by atoms with Gasteiger partial charge in [0, 0.05) is 30.4 Å². The molecule has 2 atom stereocenters. The summed E-state index contributed by atoms with van der Waals surface area (Å²) in [4.78, 5) is 6.61. The van der Waals surface area contributed by atoms with Crippen LogP contribution in [0, 0.1) is 11.3 Å². The first-order valence-electron chi connectivity index (χ1n) is 6.32. The van der Waals surface area contributed by atoms with Crippen LogP contribution in [0.5, 0.6) is 0 Å². The lowest BCUT2D eigenvalue weighted by molar-refractivity contribution is 0.0951. The van der Waals surface area contributed by atoms with E-state index in [0.29, 0.717) is 17.8 Å². The van der Waals surface area contributed by atoms with Crippen molar-refractivity contribution in [1.82, 2.24) is 9.88 Å². The largest absolute Gasteiger partial charge is 0.294 e. The van der Waals surface area contributed by atoms with Gasteiger partial charge in [-0.15, -0.1) is 0 Å². The molecule has 2 heterocycles. The third kappa shape index (κ3) is 2.65. The quantitative estimate of drug-likeness (QED) is 0.782. The number of rotatable bonds is 2. The van der Waals surface area contributed by atoms with E-state index in [9.17, 15) is 0 Å². The van der Waals surface area contributed by atoms with Crippen LogP contribution in [0.25, 0.3) is 0 Å². The second kappa shape index (κ2) is 5.29. The maximum Gasteiger partial charge on any atom is 0.144 e. The van der Waals surface area contributed by atoms with Gasteiger partial charge in [0.05, 0.1) is 0 Å². The summed E-state index contributed by atoms with van der Waals surface area (Å²) in [6, 6.07) is 7.31. The number of hydrogen-bond donors (Lipinski definition) is 0. The average molecular weight is 229 g/mol. The molecule has 90 valence electrons. The van der Waals surface area contributed by atoms with E-state index in [1.807, 2.05) is 12.1 Å². The van der Waals surface area contributed by atoms with Crippen LogP contribution in [0.4, 0.5) is 0 Å². The van der Waals surface area contributed by atoms with Crippen molar-refractivity contribution in [3.63, 3.8) is 0 Å². The molecular formula is C14H19N3. The van der Waals surface area contributed by atoms with Crippen LogP contribution in [0.15, 0.2) is 18.3 Å². The fraction of sp³-hybridized carbons (Fsp3) is 0.571. The van der Waals surface area contributed by atoms with E-state index in [0.717, 1.165) is 12.1 Å².